The van der Waals surface area contributed by atoms with E-state index in [9.17, 15) is 4.79 Å². The maximum atomic E-state index is 11.4. The molecule has 1 aromatic heterocycles. The van der Waals surface area contributed by atoms with E-state index in [2.05, 4.69) is 21.6 Å². The van der Waals surface area contributed by atoms with Crippen LogP contribution >= 0.6 is 0 Å². The Balaban J connectivity index is 2.25. The molecule has 0 bridgehead atoms. The molecule has 0 aliphatic rings. The fourth-order valence-corrected chi connectivity index (χ4v) is 1.41. The number of aromatic nitrogens is 1. The molecule has 1 aromatic carbocycles. The van der Waals surface area contributed by atoms with Crippen LogP contribution in [0, 0.1) is 11.8 Å². The fourth-order valence-electron chi connectivity index (χ4n) is 1.41. The minimum Gasteiger partial charge on any atom is -0.465 e. The predicted molar refractivity (Wildman–Crippen MR) is 68.0 cm³/mol. The second-order valence-corrected chi connectivity index (χ2v) is 3.54. The highest BCUT2D eigenvalue weighted by molar-refractivity contribution is 5.89. The molecule has 88 valence electrons. The van der Waals surface area contributed by atoms with Gasteiger partial charge in [-0.25, -0.2) is 9.78 Å². The van der Waals surface area contributed by atoms with Crippen LogP contribution < -0.4 is 0 Å². The van der Waals surface area contributed by atoms with Gasteiger partial charge in [0.1, 0.15) is 5.69 Å². The lowest BCUT2D eigenvalue weighted by Crippen LogP contribution is -2.00. The molecule has 0 spiro atoms. The highest BCUT2D eigenvalue weighted by atomic mass is 16.5. The topological polar surface area (TPSA) is 39.2 Å². The summed E-state index contributed by atoms with van der Waals surface area (Å²) in [7, 11) is 1.36. The summed E-state index contributed by atoms with van der Waals surface area (Å²) in [5.74, 6) is 5.53. The number of hydrogen-bond acceptors (Lipinski definition) is 3. The molecule has 2 rings (SSSR count). The molecular weight excluding hydrogens is 226 g/mol. The van der Waals surface area contributed by atoms with E-state index in [4.69, 9.17) is 0 Å². The summed E-state index contributed by atoms with van der Waals surface area (Å²) < 4.78 is 4.65. The lowest BCUT2D eigenvalue weighted by atomic mass is 10.1. The van der Waals surface area contributed by atoms with Gasteiger partial charge in [-0.3, -0.25) is 0 Å². The van der Waals surface area contributed by atoms with Crippen molar-refractivity contribution in [3.8, 4) is 11.8 Å². The fraction of sp³-hybridized carbons (Fsp3) is 0.0667. The monoisotopic (exact) mass is 237 g/mol. The van der Waals surface area contributed by atoms with Crippen molar-refractivity contribution in [1.29, 1.82) is 0 Å². The third-order valence-electron chi connectivity index (χ3n) is 2.28. The molecule has 0 aliphatic heterocycles. The van der Waals surface area contributed by atoms with Crippen LogP contribution in [0.3, 0.4) is 0 Å². The number of methoxy groups -OCH3 is 1. The second kappa shape index (κ2) is 5.65. The Morgan fingerprint density at radius 1 is 1.17 bits per heavy atom. The Hall–Kier alpha value is -2.60. The first-order valence-corrected chi connectivity index (χ1v) is 5.41. The number of pyridine rings is 1. The maximum absolute atomic E-state index is 11.4. The lowest BCUT2D eigenvalue weighted by Gasteiger charge is -1.98. The van der Waals surface area contributed by atoms with Crippen LogP contribution in [0.5, 0.6) is 0 Å². The van der Waals surface area contributed by atoms with Gasteiger partial charge in [-0.05, 0) is 36.3 Å². The van der Waals surface area contributed by atoms with Gasteiger partial charge in [0.25, 0.3) is 0 Å². The predicted octanol–water partition coefficient (Wildman–Crippen LogP) is 2.27. The molecule has 1 heterocycles. The Labute approximate surface area is 105 Å². The van der Waals surface area contributed by atoms with Gasteiger partial charge in [0.05, 0.1) is 12.7 Å². The van der Waals surface area contributed by atoms with Crippen LogP contribution in [-0.4, -0.2) is 18.1 Å². The molecule has 0 N–H and O–H groups in total. The molecule has 0 unspecified atom stereocenters. The van der Waals surface area contributed by atoms with Crippen molar-refractivity contribution in [2.75, 3.05) is 7.11 Å². The van der Waals surface area contributed by atoms with E-state index in [0.717, 1.165) is 5.56 Å². The molecule has 0 fully saturated rings. The van der Waals surface area contributed by atoms with Crippen molar-refractivity contribution in [3.05, 3.63) is 65.5 Å². The number of rotatable bonds is 1. The summed E-state index contributed by atoms with van der Waals surface area (Å²) in [6.07, 6.45) is 1.69. The van der Waals surface area contributed by atoms with Crippen LogP contribution in [-0.2, 0) is 4.74 Å². The van der Waals surface area contributed by atoms with Gasteiger partial charge in [-0.2, -0.15) is 0 Å². The number of nitrogens with zero attached hydrogens (tertiary/aromatic N) is 1. The number of carbonyl (C=O) groups excluding carboxylic acids is 1. The highest BCUT2D eigenvalue weighted by Crippen LogP contribution is 2.05. The Morgan fingerprint density at radius 2 is 2.06 bits per heavy atom. The number of esters is 1. The van der Waals surface area contributed by atoms with Crippen molar-refractivity contribution in [1.82, 2.24) is 4.98 Å². The summed E-state index contributed by atoms with van der Waals surface area (Å²) in [6.45, 7) is 0. The zero-order chi connectivity index (χ0) is 12.8. The standard InChI is InChI=1S/C15H11NO2/c1-18-15(17)13-6-4-5-12(11-13)8-9-14-7-2-3-10-16-14/h2-7,10-11H,1H3. The van der Waals surface area contributed by atoms with Gasteiger partial charge in [0.15, 0.2) is 0 Å². The van der Waals surface area contributed by atoms with Crippen molar-refractivity contribution in [2.24, 2.45) is 0 Å². The zero-order valence-corrected chi connectivity index (χ0v) is 9.88. The molecule has 2 aromatic rings. The highest BCUT2D eigenvalue weighted by Gasteiger charge is 2.03. The number of carbonyl (C=O) groups is 1. The minimum atomic E-state index is -0.364. The van der Waals surface area contributed by atoms with E-state index in [1.54, 1.807) is 24.4 Å². The number of ether oxygens (including phenoxy) is 1. The van der Waals surface area contributed by atoms with E-state index < -0.39 is 0 Å². The van der Waals surface area contributed by atoms with E-state index in [1.165, 1.54) is 7.11 Å². The van der Waals surface area contributed by atoms with Crippen molar-refractivity contribution < 1.29 is 9.53 Å². The third-order valence-corrected chi connectivity index (χ3v) is 2.28. The van der Waals surface area contributed by atoms with Gasteiger partial charge in [-0.1, -0.05) is 18.1 Å². The summed E-state index contributed by atoms with van der Waals surface area (Å²) in [6, 6.07) is 12.5. The third kappa shape index (κ3) is 2.96. The Morgan fingerprint density at radius 3 is 2.78 bits per heavy atom. The van der Waals surface area contributed by atoms with Crippen LogP contribution in [0.15, 0.2) is 48.7 Å². The Bertz CT molecular complexity index is 609. The van der Waals surface area contributed by atoms with Gasteiger partial charge in [0.2, 0.25) is 0 Å². The van der Waals surface area contributed by atoms with E-state index >= 15 is 0 Å². The van der Waals surface area contributed by atoms with Crippen molar-refractivity contribution in [2.45, 2.75) is 0 Å². The molecule has 0 saturated heterocycles. The van der Waals surface area contributed by atoms with E-state index in [0.29, 0.717) is 11.3 Å². The lowest BCUT2D eigenvalue weighted by molar-refractivity contribution is 0.0600. The van der Waals surface area contributed by atoms with Gasteiger partial charge >= 0.3 is 5.97 Å². The number of benzene rings is 1. The van der Waals surface area contributed by atoms with Gasteiger partial charge in [0, 0.05) is 11.8 Å². The van der Waals surface area contributed by atoms with Crippen LogP contribution in [0.25, 0.3) is 0 Å². The van der Waals surface area contributed by atoms with E-state index in [-0.39, 0.29) is 5.97 Å². The molecule has 0 atom stereocenters. The van der Waals surface area contributed by atoms with Crippen LogP contribution in [0.1, 0.15) is 21.6 Å². The first kappa shape index (κ1) is 11.9. The summed E-state index contributed by atoms with van der Waals surface area (Å²) in [4.78, 5) is 15.5. The maximum Gasteiger partial charge on any atom is 0.337 e. The molecule has 0 radical (unpaired) electrons. The average molecular weight is 237 g/mol. The first-order chi connectivity index (χ1) is 8.79. The smallest absolute Gasteiger partial charge is 0.337 e. The van der Waals surface area contributed by atoms with Crippen molar-refractivity contribution in [3.63, 3.8) is 0 Å². The van der Waals surface area contributed by atoms with Gasteiger partial charge < -0.3 is 4.74 Å². The molecule has 0 amide bonds. The molecule has 3 nitrogen and oxygen atoms in total. The first-order valence-electron chi connectivity index (χ1n) is 5.41. The summed E-state index contributed by atoms with van der Waals surface area (Å²) >= 11 is 0. The minimum absolute atomic E-state index is 0.364. The van der Waals surface area contributed by atoms with Crippen LogP contribution in [0.4, 0.5) is 0 Å². The molecular formula is C15H11NO2. The second-order valence-electron chi connectivity index (χ2n) is 3.54. The van der Waals surface area contributed by atoms with Crippen molar-refractivity contribution >= 4 is 5.97 Å². The molecule has 0 aliphatic carbocycles. The van der Waals surface area contributed by atoms with E-state index in [1.807, 2.05) is 24.3 Å². The summed E-state index contributed by atoms with van der Waals surface area (Å²) in [5.41, 5.74) is 1.94. The van der Waals surface area contributed by atoms with Gasteiger partial charge in [-0.15, -0.1) is 0 Å². The normalized spacial score (nSPS) is 9.17. The van der Waals surface area contributed by atoms with Crippen LogP contribution in [0.2, 0.25) is 0 Å². The SMILES string of the molecule is COC(=O)c1cccc(C#Cc2ccccn2)c1. The number of hydrogen-bond donors (Lipinski definition) is 0. The zero-order valence-electron chi connectivity index (χ0n) is 9.88. The quantitative estimate of drug-likeness (QED) is 0.564. The molecule has 18 heavy (non-hydrogen) atoms. The molecule has 0 saturated carbocycles. The summed E-state index contributed by atoms with van der Waals surface area (Å²) in [5, 5.41) is 0. The average Bonchev–Trinajstić information content (AvgIpc) is 2.45. The largest absolute Gasteiger partial charge is 0.465 e. The molecule has 3 heteroatoms. The Kier molecular flexibility index (Phi) is 3.72.